The van der Waals surface area contributed by atoms with Crippen LogP contribution in [0.3, 0.4) is 0 Å². The number of aromatic nitrogens is 1. The van der Waals surface area contributed by atoms with Crippen molar-refractivity contribution < 1.29 is 0 Å². The Morgan fingerprint density at radius 2 is 2.24 bits per heavy atom. The summed E-state index contributed by atoms with van der Waals surface area (Å²) in [6.07, 6.45) is 6.87. The highest BCUT2D eigenvalue weighted by atomic mass is 14.8. The number of hydrogen-bond acceptors (Lipinski definition) is 2. The average molecular weight is 230 g/mol. The highest BCUT2D eigenvalue weighted by Gasteiger charge is 2.51. The molecule has 1 saturated carbocycles. The fourth-order valence-electron chi connectivity index (χ4n) is 3.47. The number of nitrogens with zero attached hydrogens (tertiary/aromatic N) is 1. The van der Waals surface area contributed by atoms with Gasteiger partial charge in [-0.2, -0.15) is 0 Å². The molecule has 0 aromatic carbocycles. The Balaban J connectivity index is 1.86. The molecule has 0 radical (unpaired) electrons. The van der Waals surface area contributed by atoms with Crippen LogP contribution >= 0.6 is 0 Å². The molecule has 0 spiro atoms. The SMILES string of the molecule is CC1(C)CC1C(N)C1CCCc2cccnc21. The van der Waals surface area contributed by atoms with E-state index in [9.17, 15) is 0 Å². The van der Waals surface area contributed by atoms with E-state index in [4.69, 9.17) is 5.73 Å². The van der Waals surface area contributed by atoms with Crippen molar-refractivity contribution >= 4 is 0 Å². The Morgan fingerprint density at radius 1 is 1.47 bits per heavy atom. The molecule has 3 atom stereocenters. The second kappa shape index (κ2) is 3.81. The third-order valence-corrected chi connectivity index (χ3v) is 4.76. The minimum Gasteiger partial charge on any atom is -0.327 e. The fourth-order valence-corrected chi connectivity index (χ4v) is 3.47. The summed E-state index contributed by atoms with van der Waals surface area (Å²) in [5.41, 5.74) is 9.68. The number of nitrogens with two attached hydrogens (primary N) is 1. The van der Waals surface area contributed by atoms with Gasteiger partial charge in [0.1, 0.15) is 0 Å². The van der Waals surface area contributed by atoms with Gasteiger partial charge in [-0.25, -0.2) is 0 Å². The molecule has 17 heavy (non-hydrogen) atoms. The second-order valence-electron chi connectivity index (χ2n) is 6.42. The van der Waals surface area contributed by atoms with Crippen molar-refractivity contribution in [2.24, 2.45) is 17.1 Å². The Hall–Kier alpha value is -0.890. The molecule has 0 saturated heterocycles. The molecule has 2 aliphatic carbocycles. The van der Waals surface area contributed by atoms with Gasteiger partial charge in [0, 0.05) is 23.9 Å². The first-order valence-corrected chi connectivity index (χ1v) is 6.79. The van der Waals surface area contributed by atoms with Crippen molar-refractivity contribution in [3.05, 3.63) is 29.6 Å². The normalized spacial score (nSPS) is 31.7. The van der Waals surface area contributed by atoms with E-state index in [1.807, 2.05) is 12.3 Å². The smallest absolute Gasteiger partial charge is 0.0481 e. The fraction of sp³-hybridized carbons (Fsp3) is 0.667. The molecule has 1 fully saturated rings. The molecule has 2 aliphatic rings. The Morgan fingerprint density at radius 3 is 2.94 bits per heavy atom. The predicted molar refractivity (Wildman–Crippen MR) is 69.8 cm³/mol. The summed E-state index contributed by atoms with van der Waals surface area (Å²) >= 11 is 0. The summed E-state index contributed by atoms with van der Waals surface area (Å²) in [5.74, 6) is 1.19. The first-order valence-electron chi connectivity index (χ1n) is 6.79. The predicted octanol–water partition coefficient (Wildman–Crippen LogP) is 2.87. The maximum atomic E-state index is 6.50. The van der Waals surface area contributed by atoms with Gasteiger partial charge < -0.3 is 5.73 Å². The molecule has 0 bridgehead atoms. The summed E-state index contributed by atoms with van der Waals surface area (Å²) in [5, 5.41) is 0. The van der Waals surface area contributed by atoms with E-state index in [0.29, 0.717) is 23.3 Å². The number of rotatable bonds is 2. The summed E-state index contributed by atoms with van der Waals surface area (Å²) in [7, 11) is 0. The van der Waals surface area contributed by atoms with Gasteiger partial charge in [0.25, 0.3) is 0 Å². The lowest BCUT2D eigenvalue weighted by Gasteiger charge is -2.30. The van der Waals surface area contributed by atoms with E-state index >= 15 is 0 Å². The minimum absolute atomic E-state index is 0.305. The van der Waals surface area contributed by atoms with E-state index in [1.54, 1.807) is 0 Å². The molecule has 2 N–H and O–H groups in total. The van der Waals surface area contributed by atoms with Gasteiger partial charge in [-0.05, 0) is 48.6 Å². The second-order valence-corrected chi connectivity index (χ2v) is 6.42. The quantitative estimate of drug-likeness (QED) is 0.848. The molecule has 1 heterocycles. The first-order chi connectivity index (χ1) is 8.09. The molecule has 1 aromatic rings. The van der Waals surface area contributed by atoms with Crippen LogP contribution < -0.4 is 5.73 Å². The molecule has 2 nitrogen and oxygen atoms in total. The van der Waals surface area contributed by atoms with Crippen molar-refractivity contribution in [3.8, 4) is 0 Å². The molecule has 0 amide bonds. The van der Waals surface area contributed by atoms with Crippen LogP contribution in [-0.4, -0.2) is 11.0 Å². The number of fused-ring (bicyclic) bond motifs is 1. The van der Waals surface area contributed by atoms with Crippen LogP contribution in [0, 0.1) is 11.3 Å². The van der Waals surface area contributed by atoms with E-state index in [2.05, 4.69) is 24.9 Å². The van der Waals surface area contributed by atoms with Crippen LogP contribution in [0.25, 0.3) is 0 Å². The molecule has 3 unspecified atom stereocenters. The first kappa shape index (κ1) is 11.2. The van der Waals surface area contributed by atoms with Crippen LogP contribution in [0.4, 0.5) is 0 Å². The Labute approximate surface area is 104 Å². The Bertz CT molecular complexity index is 425. The lowest BCUT2D eigenvalue weighted by atomic mass is 9.79. The monoisotopic (exact) mass is 230 g/mol. The number of hydrogen-bond donors (Lipinski definition) is 1. The molecule has 1 aromatic heterocycles. The van der Waals surface area contributed by atoms with Gasteiger partial charge in [-0.15, -0.1) is 0 Å². The van der Waals surface area contributed by atoms with Crippen molar-refractivity contribution in [1.29, 1.82) is 0 Å². The van der Waals surface area contributed by atoms with Gasteiger partial charge >= 0.3 is 0 Å². The largest absolute Gasteiger partial charge is 0.327 e. The Kier molecular flexibility index (Phi) is 2.51. The minimum atomic E-state index is 0.305. The standard InChI is InChI=1S/C15H22N2/c1-15(2)9-12(15)13(16)11-7-3-5-10-6-4-8-17-14(10)11/h4,6,8,11-13H,3,5,7,9,16H2,1-2H3. The van der Waals surface area contributed by atoms with Crippen LogP contribution in [0.5, 0.6) is 0 Å². The zero-order valence-corrected chi connectivity index (χ0v) is 10.8. The number of aryl methyl sites for hydroxylation is 1. The van der Waals surface area contributed by atoms with E-state index in [0.717, 1.165) is 0 Å². The van der Waals surface area contributed by atoms with Crippen LogP contribution in [0.1, 0.15) is 50.3 Å². The molecule has 0 aliphatic heterocycles. The van der Waals surface area contributed by atoms with Gasteiger partial charge in [0.2, 0.25) is 0 Å². The van der Waals surface area contributed by atoms with Gasteiger partial charge in [0.15, 0.2) is 0 Å². The van der Waals surface area contributed by atoms with Crippen LogP contribution in [-0.2, 0) is 6.42 Å². The van der Waals surface area contributed by atoms with Crippen LogP contribution in [0.15, 0.2) is 18.3 Å². The lowest BCUT2D eigenvalue weighted by Crippen LogP contribution is -2.34. The third kappa shape index (κ3) is 1.89. The molecule has 2 heteroatoms. The zero-order chi connectivity index (χ0) is 12.0. The topological polar surface area (TPSA) is 38.9 Å². The van der Waals surface area contributed by atoms with Gasteiger partial charge in [0.05, 0.1) is 0 Å². The van der Waals surface area contributed by atoms with E-state index in [-0.39, 0.29) is 0 Å². The molecule has 3 rings (SSSR count). The molecule has 92 valence electrons. The summed E-state index contributed by atoms with van der Waals surface area (Å²) in [4.78, 5) is 4.60. The lowest BCUT2D eigenvalue weighted by molar-refractivity contribution is 0.380. The van der Waals surface area contributed by atoms with Crippen molar-refractivity contribution in [1.82, 2.24) is 4.98 Å². The van der Waals surface area contributed by atoms with E-state index in [1.165, 1.54) is 36.9 Å². The van der Waals surface area contributed by atoms with Crippen LogP contribution in [0.2, 0.25) is 0 Å². The summed E-state index contributed by atoms with van der Waals surface area (Å²) in [6, 6.07) is 4.58. The maximum Gasteiger partial charge on any atom is 0.0481 e. The third-order valence-electron chi connectivity index (χ3n) is 4.76. The van der Waals surface area contributed by atoms with Crippen molar-refractivity contribution in [2.45, 2.75) is 51.5 Å². The zero-order valence-electron chi connectivity index (χ0n) is 10.8. The highest BCUT2D eigenvalue weighted by molar-refractivity contribution is 5.28. The van der Waals surface area contributed by atoms with E-state index < -0.39 is 0 Å². The molecular formula is C15H22N2. The highest BCUT2D eigenvalue weighted by Crippen LogP contribution is 2.56. The summed E-state index contributed by atoms with van der Waals surface area (Å²) < 4.78 is 0. The van der Waals surface area contributed by atoms with Crippen molar-refractivity contribution in [2.75, 3.05) is 0 Å². The number of pyridine rings is 1. The van der Waals surface area contributed by atoms with Gasteiger partial charge in [-0.3, -0.25) is 4.98 Å². The van der Waals surface area contributed by atoms with Gasteiger partial charge in [-0.1, -0.05) is 19.9 Å². The van der Waals surface area contributed by atoms with Crippen molar-refractivity contribution in [3.63, 3.8) is 0 Å². The summed E-state index contributed by atoms with van der Waals surface area (Å²) in [6.45, 7) is 4.67. The molecular weight excluding hydrogens is 208 g/mol. The maximum absolute atomic E-state index is 6.50. The average Bonchev–Trinajstić information content (AvgIpc) is 2.97.